The number of urea groups is 1. The monoisotopic (exact) mass is 1410 g/mol. The number of amides is 8. The number of carbonyl (C=O) groups is 14. The van der Waals surface area contributed by atoms with Crippen LogP contribution in [0.4, 0.5) is 8.90 Å². The molecule has 1 saturated heterocycles. The van der Waals surface area contributed by atoms with Gasteiger partial charge in [0.1, 0.15) is 30.2 Å². The van der Waals surface area contributed by atoms with Crippen LogP contribution in [0.3, 0.4) is 0 Å². The molecule has 1 fully saturated rings. The molecular formula is C61H99FN12O23Si. The average Bonchev–Trinajstić information content (AvgIpc) is 0.749. The van der Waals surface area contributed by atoms with Gasteiger partial charge in [-0.2, -0.15) is 0 Å². The van der Waals surface area contributed by atoms with Gasteiger partial charge in [0.05, 0.1) is 26.2 Å². The molecule has 17 N–H and O–H groups in total. The highest BCUT2D eigenvalue weighted by atomic mass is 28.4. The van der Waals surface area contributed by atoms with Crippen molar-refractivity contribution in [3.8, 4) is 0 Å². The largest absolute Gasteiger partial charge is 0.480 e. The zero-order chi connectivity index (χ0) is 74.1. The molecule has 1 aromatic carbocycles. The third kappa shape index (κ3) is 32.7. The van der Waals surface area contributed by atoms with Crippen molar-refractivity contribution in [3.63, 3.8) is 0 Å². The summed E-state index contributed by atoms with van der Waals surface area (Å²) in [5.74, 6) is -14.1. The first-order valence-electron chi connectivity index (χ1n) is 32.1. The normalized spacial score (nSPS) is 15.6. The first-order chi connectivity index (χ1) is 45.7. The fraction of sp³-hybridized carbons (Fsp3) is 0.672. The number of nitrogens with one attached hydrogen (secondary N) is 8. The van der Waals surface area contributed by atoms with E-state index in [1.165, 1.54) is 24.3 Å². The van der Waals surface area contributed by atoms with Gasteiger partial charge in [0, 0.05) is 96.8 Å². The topological polar surface area (TPSA) is 530 Å². The Bertz CT molecular complexity index is 2840. The van der Waals surface area contributed by atoms with Crippen LogP contribution >= 0.6 is 0 Å². The number of hydrogen-bond acceptors (Lipinski definition) is 20. The molecule has 98 heavy (non-hydrogen) atoms. The maximum atomic E-state index is 17.2. The lowest BCUT2D eigenvalue weighted by Crippen LogP contribution is -2.58. The molecule has 1 aliphatic rings. The lowest BCUT2D eigenvalue weighted by atomic mass is 10.1. The number of aliphatic hydroxyl groups excluding tert-OH is 1. The van der Waals surface area contributed by atoms with Crippen LogP contribution in [-0.4, -0.2) is 292 Å². The zero-order valence-electron chi connectivity index (χ0n) is 56.3. The van der Waals surface area contributed by atoms with Crippen molar-refractivity contribution in [3.05, 3.63) is 29.8 Å². The maximum absolute atomic E-state index is 17.2. The fourth-order valence-electron chi connectivity index (χ4n) is 10.9. The molecule has 35 nitrogen and oxygen atoms in total. The molecule has 1 aliphatic heterocycles. The Kier molecular flexibility index (Phi) is 37.0. The van der Waals surface area contributed by atoms with Crippen molar-refractivity contribution >= 4 is 96.9 Å². The molecule has 552 valence electrons. The van der Waals surface area contributed by atoms with Gasteiger partial charge in [-0.1, -0.05) is 53.7 Å². The van der Waals surface area contributed by atoms with E-state index < -0.39 is 171 Å². The van der Waals surface area contributed by atoms with E-state index >= 15 is 4.11 Å². The van der Waals surface area contributed by atoms with Crippen LogP contribution in [0.15, 0.2) is 24.3 Å². The molecule has 5 atom stereocenters. The molecule has 0 saturated carbocycles. The number of carboxylic acids is 7. The molecule has 1 aromatic rings. The van der Waals surface area contributed by atoms with Crippen molar-refractivity contribution in [1.29, 1.82) is 0 Å². The Balaban J connectivity index is 2.09. The van der Waals surface area contributed by atoms with E-state index in [0.717, 1.165) is 0 Å². The number of halogens is 1. The van der Waals surface area contributed by atoms with Crippen molar-refractivity contribution in [2.24, 2.45) is 0 Å². The molecule has 37 heteroatoms. The summed E-state index contributed by atoms with van der Waals surface area (Å²) < 4.78 is 17.2. The Morgan fingerprint density at radius 1 is 0.429 bits per heavy atom. The molecule has 0 unspecified atom stereocenters. The standard InChI is InChI=1S/C61H99FN12O23Si/c1-60(2,3)98(62,61(4,5)6)39-17-15-38(16-18-39)53(87)68-44(33-65-48(78)34-71-25-27-72(35-50(81)82)29-31-74(37-52(85)86)32-30-73(28-26-71)36-51(83)84)54(88)67-41(56(91)92)11-7-8-23-63-45(75)21-22-46(76)64-24-10-13-40(55(89)90)66-47(77)20-19-43(58(95)96)70-59(97)69-42(57(93)94)12-9-14-49(79)80/h15-18,40-44,49,79-80H,7-14,19-37H2,1-6H3,(H,63,75)(H,64,76)(H,65,78)(H,66,77)(H,67,88)(H,68,87)(H,81,82)(H,83,84)(H,85,86)(H,89,90)(H,91,92)(H,93,94)(H,95,96)(H2,69,70,97)/t40-,41+,42-,43-,44+/m0/s1. The van der Waals surface area contributed by atoms with Crippen LogP contribution in [0.25, 0.3) is 0 Å². The number of nitrogens with zero attached hydrogens (tertiary/aromatic N) is 4. The fourth-order valence-corrected chi connectivity index (χ4v) is 15.5. The molecule has 0 bridgehead atoms. The minimum atomic E-state index is -3.78. The summed E-state index contributed by atoms with van der Waals surface area (Å²) in [5.41, 5.74) is 0.00495. The first kappa shape index (κ1) is 85.6. The SMILES string of the molecule is CC(C)(C)[Si](F)(c1ccc(C(=O)N[C@H](CNC(=O)CN2CCN(CC(=O)O)CCN(CC(=O)O)CCN(CC(=O)O)CC2)C(=O)N[C@H](CCCCNC(=O)CCC(=O)NCCC[C@H](NC(=O)CC[C@H](NC(=O)N[C@@H](CCCC(O)O)C(=O)O)C(=O)O)C(=O)O)C(=O)O)cc1)C(C)(C)C. The van der Waals surface area contributed by atoms with E-state index in [1.54, 1.807) is 61.1 Å². The van der Waals surface area contributed by atoms with E-state index in [-0.39, 0.29) is 148 Å². The Morgan fingerprint density at radius 3 is 1.23 bits per heavy atom. The Morgan fingerprint density at radius 2 is 0.816 bits per heavy atom. The smallest absolute Gasteiger partial charge is 0.326 e. The lowest BCUT2D eigenvalue weighted by Gasteiger charge is -2.44. The van der Waals surface area contributed by atoms with Crippen LogP contribution in [0.1, 0.15) is 129 Å². The number of benzene rings is 1. The van der Waals surface area contributed by atoms with Gasteiger partial charge in [-0.05, 0) is 85.2 Å². The summed E-state index contributed by atoms with van der Waals surface area (Å²) in [7, 11) is -3.78. The number of unbranched alkanes of at least 4 members (excludes halogenated alkanes) is 1. The number of rotatable bonds is 41. The van der Waals surface area contributed by atoms with Crippen molar-refractivity contribution < 1.29 is 117 Å². The third-order valence-corrected chi connectivity index (χ3v) is 21.3. The molecule has 0 radical (unpaired) electrons. The second-order valence-corrected chi connectivity index (χ2v) is 30.8. The minimum absolute atomic E-state index is 0.00495. The summed E-state index contributed by atoms with van der Waals surface area (Å²) in [4.78, 5) is 181. The van der Waals surface area contributed by atoms with Crippen molar-refractivity contribution in [2.75, 3.05) is 98.2 Å². The van der Waals surface area contributed by atoms with Gasteiger partial charge in [0.25, 0.3) is 14.3 Å². The van der Waals surface area contributed by atoms with Crippen LogP contribution in [-0.2, 0) is 57.5 Å². The predicted octanol–water partition coefficient (Wildman–Crippen LogP) is -2.33. The van der Waals surface area contributed by atoms with E-state index in [0.29, 0.717) is 5.19 Å². The van der Waals surface area contributed by atoms with Crippen LogP contribution in [0, 0.1) is 0 Å². The predicted molar refractivity (Wildman–Crippen MR) is 349 cm³/mol. The van der Waals surface area contributed by atoms with Gasteiger partial charge >= 0.3 is 47.8 Å². The number of carboxylic acid groups (broad SMARTS) is 7. The maximum Gasteiger partial charge on any atom is 0.326 e. The van der Waals surface area contributed by atoms with E-state index in [4.69, 9.17) is 10.2 Å². The summed E-state index contributed by atoms with van der Waals surface area (Å²) in [5, 5.41) is 103. The van der Waals surface area contributed by atoms with Crippen LogP contribution < -0.4 is 47.7 Å². The van der Waals surface area contributed by atoms with Gasteiger partial charge < -0.3 is 92.6 Å². The number of aliphatic hydroxyl groups is 2. The van der Waals surface area contributed by atoms with Gasteiger partial charge in [-0.15, -0.1) is 0 Å². The first-order valence-corrected chi connectivity index (χ1v) is 34.0. The van der Waals surface area contributed by atoms with Gasteiger partial charge in [-0.3, -0.25) is 62.8 Å². The zero-order valence-corrected chi connectivity index (χ0v) is 57.3. The third-order valence-electron chi connectivity index (χ3n) is 16.0. The van der Waals surface area contributed by atoms with Crippen LogP contribution in [0.2, 0.25) is 10.1 Å². The van der Waals surface area contributed by atoms with Gasteiger partial charge in [0.2, 0.25) is 29.5 Å². The molecule has 2 rings (SSSR count). The van der Waals surface area contributed by atoms with Crippen molar-refractivity contribution in [2.45, 2.75) is 165 Å². The number of aliphatic carboxylic acids is 7. The second-order valence-electron chi connectivity index (χ2n) is 25.9. The summed E-state index contributed by atoms with van der Waals surface area (Å²) in [6.45, 7) is 9.40. The highest BCUT2D eigenvalue weighted by Gasteiger charge is 2.56. The molecule has 0 aromatic heterocycles. The van der Waals surface area contributed by atoms with E-state index in [1.807, 2.05) is 5.32 Å². The highest BCUT2D eigenvalue weighted by molar-refractivity contribution is 6.90. The Labute approximate surface area is 567 Å². The quantitative estimate of drug-likeness (QED) is 0.0141. The average molecular weight is 1420 g/mol. The summed E-state index contributed by atoms with van der Waals surface area (Å²) >= 11 is 0. The molecule has 0 aliphatic carbocycles. The molecular weight excluding hydrogens is 1320 g/mol. The highest BCUT2D eigenvalue weighted by Crippen LogP contribution is 2.51. The minimum Gasteiger partial charge on any atom is -0.480 e. The lowest BCUT2D eigenvalue weighted by molar-refractivity contribution is -0.142. The van der Waals surface area contributed by atoms with E-state index in [9.17, 15) is 103 Å². The van der Waals surface area contributed by atoms with Crippen LogP contribution in [0.5, 0.6) is 0 Å². The van der Waals surface area contributed by atoms with Gasteiger partial charge in [0.15, 0.2) is 6.29 Å². The summed E-state index contributed by atoms with van der Waals surface area (Å²) in [6, 6.07) is -3.26. The molecule has 1 heterocycles. The van der Waals surface area contributed by atoms with Crippen molar-refractivity contribution in [1.82, 2.24) is 62.1 Å². The summed E-state index contributed by atoms with van der Waals surface area (Å²) in [6.07, 6.45) is -3.91. The molecule has 0 spiro atoms. The Hall–Kier alpha value is -8.49. The second kappa shape index (κ2) is 42.3. The van der Waals surface area contributed by atoms with Gasteiger partial charge in [-0.25, -0.2) is 24.0 Å². The number of carbonyl (C=O) groups excluding carboxylic acids is 7. The number of hydrogen-bond donors (Lipinski definition) is 17. The van der Waals surface area contributed by atoms with E-state index in [2.05, 4.69) is 37.2 Å². The molecule has 8 amide bonds.